The first-order valence-corrected chi connectivity index (χ1v) is 6.07. The maximum absolute atomic E-state index is 12.7. The minimum Gasteiger partial charge on any atom is -0.326 e. The number of benzene rings is 1. The number of halogens is 4. The molecule has 0 aromatic heterocycles. The molecule has 3 nitrogen and oxygen atoms in total. The van der Waals surface area contributed by atoms with E-state index >= 15 is 0 Å². The molecule has 0 radical (unpaired) electrons. The van der Waals surface area contributed by atoms with Crippen LogP contribution in [0.2, 0.25) is 0 Å². The van der Waals surface area contributed by atoms with Gasteiger partial charge in [-0.25, -0.2) is 0 Å². The van der Waals surface area contributed by atoms with Crippen molar-refractivity contribution in [1.29, 1.82) is 0 Å². The summed E-state index contributed by atoms with van der Waals surface area (Å²) in [6.07, 6.45) is -3.69. The van der Waals surface area contributed by atoms with E-state index in [9.17, 15) is 18.0 Å². The maximum atomic E-state index is 12.7. The minimum absolute atomic E-state index is 0. The number of carbonyl (C=O) groups excluding carboxylic acids is 1. The second kappa shape index (κ2) is 6.45. The van der Waals surface area contributed by atoms with Gasteiger partial charge >= 0.3 is 6.18 Å². The standard InChI is InChI=1S/C13H15F3N2O.ClH/c1-8-2-3-10(6-11(8)13(14,15)16)18-12(19)9-4-5-17-7-9;/h2-3,6,9,17H,4-5,7H2,1H3,(H,18,19);1H. The highest BCUT2D eigenvalue weighted by Gasteiger charge is 2.32. The molecular weight excluding hydrogens is 293 g/mol. The molecule has 1 aliphatic rings. The average molecular weight is 309 g/mol. The van der Waals surface area contributed by atoms with Crippen LogP contribution in [-0.4, -0.2) is 19.0 Å². The van der Waals surface area contributed by atoms with Crippen molar-refractivity contribution >= 4 is 24.0 Å². The average Bonchev–Trinajstić information content (AvgIpc) is 2.83. The molecule has 112 valence electrons. The number of carbonyl (C=O) groups is 1. The lowest BCUT2D eigenvalue weighted by Gasteiger charge is -2.14. The lowest BCUT2D eigenvalue weighted by molar-refractivity contribution is -0.138. The third-order valence-electron chi connectivity index (χ3n) is 3.24. The Bertz CT molecular complexity index is 485. The summed E-state index contributed by atoms with van der Waals surface area (Å²) in [7, 11) is 0. The number of hydrogen-bond acceptors (Lipinski definition) is 2. The van der Waals surface area contributed by atoms with Crippen LogP contribution >= 0.6 is 12.4 Å². The fourth-order valence-corrected chi connectivity index (χ4v) is 2.13. The molecule has 1 unspecified atom stereocenters. The molecule has 1 atom stereocenters. The van der Waals surface area contributed by atoms with Gasteiger partial charge in [0.25, 0.3) is 0 Å². The van der Waals surface area contributed by atoms with Gasteiger partial charge in [-0.3, -0.25) is 4.79 Å². The van der Waals surface area contributed by atoms with Crippen LogP contribution < -0.4 is 10.6 Å². The summed E-state index contributed by atoms with van der Waals surface area (Å²) in [6, 6.07) is 3.84. The smallest absolute Gasteiger partial charge is 0.326 e. The number of aryl methyl sites for hydroxylation is 1. The van der Waals surface area contributed by atoms with E-state index in [0.29, 0.717) is 13.0 Å². The number of nitrogens with one attached hydrogen (secondary N) is 2. The molecule has 2 rings (SSSR count). The van der Waals surface area contributed by atoms with Crippen molar-refractivity contribution in [2.75, 3.05) is 18.4 Å². The highest BCUT2D eigenvalue weighted by atomic mass is 35.5. The van der Waals surface area contributed by atoms with Crippen LogP contribution in [-0.2, 0) is 11.0 Å². The number of hydrogen-bond donors (Lipinski definition) is 2. The quantitative estimate of drug-likeness (QED) is 0.882. The van der Waals surface area contributed by atoms with Crippen LogP contribution in [0.25, 0.3) is 0 Å². The number of alkyl halides is 3. The summed E-state index contributed by atoms with van der Waals surface area (Å²) >= 11 is 0. The van der Waals surface area contributed by atoms with Crippen molar-refractivity contribution < 1.29 is 18.0 Å². The van der Waals surface area contributed by atoms with E-state index in [4.69, 9.17) is 0 Å². The van der Waals surface area contributed by atoms with E-state index in [0.717, 1.165) is 12.6 Å². The van der Waals surface area contributed by atoms with Crippen molar-refractivity contribution in [3.8, 4) is 0 Å². The molecule has 1 fully saturated rings. The first-order valence-electron chi connectivity index (χ1n) is 6.07. The molecule has 7 heteroatoms. The van der Waals surface area contributed by atoms with E-state index in [-0.39, 0.29) is 35.5 Å². The van der Waals surface area contributed by atoms with Gasteiger partial charge in [-0.15, -0.1) is 12.4 Å². The molecule has 1 aromatic carbocycles. The lowest BCUT2D eigenvalue weighted by Crippen LogP contribution is -2.24. The maximum Gasteiger partial charge on any atom is 0.416 e. The van der Waals surface area contributed by atoms with Gasteiger partial charge in [-0.2, -0.15) is 13.2 Å². The second-order valence-corrected chi connectivity index (χ2v) is 4.71. The van der Waals surface area contributed by atoms with Crippen molar-refractivity contribution in [2.24, 2.45) is 5.92 Å². The molecule has 1 aromatic rings. The SMILES string of the molecule is Cc1ccc(NC(=O)C2CCNC2)cc1C(F)(F)F.Cl. The highest BCUT2D eigenvalue weighted by molar-refractivity contribution is 5.93. The summed E-state index contributed by atoms with van der Waals surface area (Å²) in [6.45, 7) is 2.74. The normalized spacial score (nSPS) is 18.5. The Morgan fingerprint density at radius 1 is 1.40 bits per heavy atom. The van der Waals surface area contributed by atoms with Crippen molar-refractivity contribution in [1.82, 2.24) is 5.32 Å². The zero-order valence-electron chi connectivity index (χ0n) is 10.9. The van der Waals surface area contributed by atoms with Crippen LogP contribution in [0.15, 0.2) is 18.2 Å². The minimum atomic E-state index is -4.40. The summed E-state index contributed by atoms with van der Waals surface area (Å²) in [5, 5.41) is 5.59. The molecule has 1 heterocycles. The molecule has 1 saturated heterocycles. The van der Waals surface area contributed by atoms with Gasteiger partial charge in [0.05, 0.1) is 11.5 Å². The third-order valence-corrected chi connectivity index (χ3v) is 3.24. The predicted molar refractivity (Wildman–Crippen MR) is 73.0 cm³/mol. The van der Waals surface area contributed by atoms with Crippen molar-refractivity contribution in [3.05, 3.63) is 29.3 Å². The van der Waals surface area contributed by atoms with Crippen LogP contribution in [0.5, 0.6) is 0 Å². The first kappa shape index (κ1) is 16.8. The Balaban J connectivity index is 0.00000200. The fraction of sp³-hybridized carbons (Fsp3) is 0.462. The lowest BCUT2D eigenvalue weighted by atomic mass is 10.1. The molecular formula is C13H16ClF3N2O. The topological polar surface area (TPSA) is 41.1 Å². The zero-order valence-corrected chi connectivity index (χ0v) is 11.7. The summed E-state index contributed by atoms with van der Waals surface area (Å²) in [4.78, 5) is 11.8. The van der Waals surface area contributed by atoms with Gasteiger partial charge < -0.3 is 10.6 Å². The van der Waals surface area contributed by atoms with Gasteiger partial charge in [-0.05, 0) is 37.6 Å². The zero-order chi connectivity index (χ0) is 14.0. The Labute approximate surface area is 121 Å². The molecule has 0 saturated carbocycles. The second-order valence-electron chi connectivity index (χ2n) is 4.71. The van der Waals surface area contributed by atoms with Gasteiger partial charge in [0.1, 0.15) is 0 Å². The van der Waals surface area contributed by atoms with Crippen LogP contribution in [0.4, 0.5) is 18.9 Å². The van der Waals surface area contributed by atoms with Crippen molar-refractivity contribution in [3.63, 3.8) is 0 Å². The molecule has 1 amide bonds. The fourth-order valence-electron chi connectivity index (χ4n) is 2.13. The predicted octanol–water partition coefficient (Wildman–Crippen LogP) is 2.98. The number of amides is 1. The molecule has 1 aliphatic heterocycles. The number of anilines is 1. The molecule has 0 bridgehead atoms. The summed E-state index contributed by atoms with van der Waals surface area (Å²) in [5.74, 6) is -0.405. The first-order chi connectivity index (χ1) is 8.88. The largest absolute Gasteiger partial charge is 0.416 e. The highest BCUT2D eigenvalue weighted by Crippen LogP contribution is 2.33. The van der Waals surface area contributed by atoms with Crippen LogP contribution in [0.1, 0.15) is 17.5 Å². The Hall–Kier alpha value is -1.27. The molecule has 20 heavy (non-hydrogen) atoms. The third kappa shape index (κ3) is 3.86. The monoisotopic (exact) mass is 308 g/mol. The summed E-state index contributed by atoms with van der Waals surface area (Å²) < 4.78 is 38.2. The van der Waals surface area contributed by atoms with E-state index in [2.05, 4.69) is 10.6 Å². The Morgan fingerprint density at radius 3 is 2.65 bits per heavy atom. The van der Waals surface area contributed by atoms with Gasteiger partial charge in [0.2, 0.25) is 5.91 Å². The van der Waals surface area contributed by atoms with Crippen LogP contribution in [0, 0.1) is 12.8 Å². The van der Waals surface area contributed by atoms with Gasteiger partial charge in [0.15, 0.2) is 0 Å². The summed E-state index contributed by atoms with van der Waals surface area (Å²) in [5.41, 5.74) is -0.377. The van der Waals surface area contributed by atoms with Gasteiger partial charge in [0, 0.05) is 12.2 Å². The number of rotatable bonds is 2. The molecule has 2 N–H and O–H groups in total. The molecule has 0 spiro atoms. The van der Waals surface area contributed by atoms with Gasteiger partial charge in [-0.1, -0.05) is 6.07 Å². The van der Waals surface area contributed by atoms with Crippen LogP contribution in [0.3, 0.4) is 0 Å². The van der Waals surface area contributed by atoms with E-state index in [1.807, 2.05) is 0 Å². The Kier molecular flexibility index (Phi) is 5.42. The Morgan fingerprint density at radius 2 is 2.10 bits per heavy atom. The molecule has 0 aliphatic carbocycles. The van der Waals surface area contributed by atoms with E-state index in [1.54, 1.807) is 0 Å². The van der Waals surface area contributed by atoms with Crippen molar-refractivity contribution in [2.45, 2.75) is 19.5 Å². The van der Waals surface area contributed by atoms with E-state index < -0.39 is 11.7 Å². The van der Waals surface area contributed by atoms with E-state index in [1.165, 1.54) is 19.1 Å².